The van der Waals surface area contributed by atoms with Crippen LogP contribution in [0.1, 0.15) is 40.5 Å². The van der Waals surface area contributed by atoms with E-state index in [1.54, 1.807) is 13.8 Å². The highest BCUT2D eigenvalue weighted by atomic mass is 17.0. The molecule has 0 aromatic heterocycles. The van der Waals surface area contributed by atoms with Gasteiger partial charge in [-0.2, -0.15) is 0 Å². The van der Waals surface area contributed by atoms with Crippen LogP contribution < -0.4 is 0 Å². The maximum absolute atomic E-state index is 10.1. The van der Waals surface area contributed by atoms with E-state index in [0.29, 0.717) is 0 Å². The zero-order valence-corrected chi connectivity index (χ0v) is 8.16. The highest BCUT2D eigenvalue weighted by molar-refractivity contribution is 4.73. The van der Waals surface area contributed by atoms with E-state index in [2.05, 4.69) is 11.8 Å². The maximum Gasteiger partial charge on any atom is 0.295 e. The lowest BCUT2D eigenvalue weighted by Crippen LogP contribution is -2.34. The molecule has 1 unspecified atom stereocenters. The Morgan fingerprint density at radius 3 is 2.42 bits per heavy atom. The van der Waals surface area contributed by atoms with Crippen LogP contribution in [-0.4, -0.2) is 10.7 Å². The molecular formula is C8H17NO3. The van der Waals surface area contributed by atoms with Gasteiger partial charge in [0, 0.05) is 0 Å². The Balaban J connectivity index is 4.07. The maximum atomic E-state index is 10.1. The predicted molar refractivity (Wildman–Crippen MR) is 46.2 cm³/mol. The van der Waals surface area contributed by atoms with Crippen LogP contribution in [0.5, 0.6) is 0 Å². The van der Waals surface area contributed by atoms with Gasteiger partial charge in [-0.3, -0.25) is 0 Å². The summed E-state index contributed by atoms with van der Waals surface area (Å²) in [7, 11) is 0. The van der Waals surface area contributed by atoms with E-state index in [1.807, 2.05) is 6.92 Å². The fraction of sp³-hybridized carbons (Fsp3) is 1.00. The molecule has 0 aromatic carbocycles. The van der Waals surface area contributed by atoms with Crippen LogP contribution in [0.3, 0.4) is 0 Å². The molecule has 72 valence electrons. The Hall–Kier alpha value is -0.800. The van der Waals surface area contributed by atoms with E-state index < -0.39 is 10.7 Å². The predicted octanol–water partition coefficient (Wildman–Crippen LogP) is 2.41. The highest BCUT2D eigenvalue weighted by Gasteiger charge is 2.29. The van der Waals surface area contributed by atoms with Crippen molar-refractivity contribution in [3.05, 3.63) is 10.1 Å². The van der Waals surface area contributed by atoms with Crippen LogP contribution in [0.2, 0.25) is 0 Å². The summed E-state index contributed by atoms with van der Waals surface area (Å²) in [6, 6.07) is 0. The first-order valence-electron chi connectivity index (χ1n) is 4.23. The van der Waals surface area contributed by atoms with E-state index >= 15 is 0 Å². The topological polar surface area (TPSA) is 52.4 Å². The molecule has 0 spiro atoms. The number of hydrogen-bond acceptors (Lipinski definition) is 3. The second kappa shape index (κ2) is 4.28. The lowest BCUT2D eigenvalue weighted by atomic mass is 9.89. The molecule has 0 radical (unpaired) electrons. The molecule has 0 amide bonds. The molecule has 0 aliphatic carbocycles. The molecule has 0 aliphatic heterocycles. The summed E-state index contributed by atoms with van der Waals surface area (Å²) in [4.78, 5) is 14.7. The minimum atomic E-state index is -0.716. The average Bonchev–Trinajstić information content (AvgIpc) is 1.85. The average molecular weight is 175 g/mol. The minimum absolute atomic E-state index is 0.202. The van der Waals surface area contributed by atoms with Crippen LogP contribution in [0.15, 0.2) is 0 Å². The quantitative estimate of drug-likeness (QED) is 0.476. The highest BCUT2D eigenvalue weighted by Crippen LogP contribution is 2.24. The summed E-state index contributed by atoms with van der Waals surface area (Å²) in [5.74, 6) is 0.202. The molecule has 4 heteroatoms. The van der Waals surface area contributed by atoms with Crippen molar-refractivity contribution in [2.45, 2.75) is 46.1 Å². The normalized spacial score (nSPS) is 14.0. The summed E-state index contributed by atoms with van der Waals surface area (Å²) in [6.07, 6.45) is 1.96. The van der Waals surface area contributed by atoms with Crippen molar-refractivity contribution < 1.29 is 9.92 Å². The Morgan fingerprint density at radius 2 is 2.08 bits per heavy atom. The standard InChI is InChI=1S/C8H17NO3/c1-5-6-7(2)8(3,4)12-9(10)11/h7H,5-6H2,1-4H3. The third kappa shape index (κ3) is 3.55. The fourth-order valence-electron chi connectivity index (χ4n) is 1.06. The van der Waals surface area contributed by atoms with Gasteiger partial charge in [0.15, 0.2) is 0 Å². The first-order valence-corrected chi connectivity index (χ1v) is 4.23. The van der Waals surface area contributed by atoms with Crippen molar-refractivity contribution >= 4 is 0 Å². The molecule has 12 heavy (non-hydrogen) atoms. The van der Waals surface area contributed by atoms with E-state index in [9.17, 15) is 10.1 Å². The SMILES string of the molecule is CCCC(C)C(C)(C)O[N+](=O)[O-]. The molecule has 0 heterocycles. The molecule has 4 nitrogen and oxygen atoms in total. The molecule has 0 fully saturated rings. The lowest BCUT2D eigenvalue weighted by molar-refractivity contribution is -0.781. The van der Waals surface area contributed by atoms with Gasteiger partial charge in [-0.05, 0) is 26.2 Å². The van der Waals surface area contributed by atoms with Gasteiger partial charge >= 0.3 is 0 Å². The first-order chi connectivity index (χ1) is 5.40. The largest absolute Gasteiger partial charge is 0.308 e. The van der Waals surface area contributed by atoms with Crippen molar-refractivity contribution in [3.8, 4) is 0 Å². The van der Waals surface area contributed by atoms with Crippen LogP contribution >= 0.6 is 0 Å². The fourth-order valence-corrected chi connectivity index (χ4v) is 1.06. The van der Waals surface area contributed by atoms with Gasteiger partial charge < -0.3 is 4.84 Å². The smallest absolute Gasteiger partial charge is 0.295 e. The van der Waals surface area contributed by atoms with Crippen molar-refractivity contribution in [1.82, 2.24) is 0 Å². The van der Waals surface area contributed by atoms with Gasteiger partial charge in [0.1, 0.15) is 5.60 Å². The Labute approximate surface area is 73.0 Å². The molecule has 0 saturated carbocycles. The zero-order chi connectivity index (χ0) is 9.78. The Bertz CT molecular complexity index is 156. The van der Waals surface area contributed by atoms with Crippen molar-refractivity contribution in [1.29, 1.82) is 0 Å². The molecule has 0 saturated heterocycles. The van der Waals surface area contributed by atoms with Gasteiger partial charge in [-0.1, -0.05) is 20.3 Å². The second-order valence-corrected chi connectivity index (χ2v) is 3.61. The van der Waals surface area contributed by atoms with Crippen molar-refractivity contribution in [3.63, 3.8) is 0 Å². The van der Waals surface area contributed by atoms with Crippen LogP contribution in [-0.2, 0) is 4.84 Å². The second-order valence-electron chi connectivity index (χ2n) is 3.61. The zero-order valence-electron chi connectivity index (χ0n) is 8.16. The van der Waals surface area contributed by atoms with Crippen LogP contribution in [0.25, 0.3) is 0 Å². The van der Waals surface area contributed by atoms with Gasteiger partial charge in [0.25, 0.3) is 5.09 Å². The van der Waals surface area contributed by atoms with E-state index in [1.165, 1.54) is 0 Å². The van der Waals surface area contributed by atoms with Gasteiger partial charge in [-0.15, -0.1) is 10.1 Å². The number of hydrogen-bond donors (Lipinski definition) is 0. The summed E-state index contributed by atoms with van der Waals surface area (Å²) in [5.41, 5.74) is -0.667. The van der Waals surface area contributed by atoms with E-state index in [4.69, 9.17) is 0 Å². The molecular weight excluding hydrogens is 158 g/mol. The lowest BCUT2D eigenvalue weighted by Gasteiger charge is -2.28. The van der Waals surface area contributed by atoms with E-state index in [0.717, 1.165) is 12.8 Å². The molecule has 0 aromatic rings. The monoisotopic (exact) mass is 175 g/mol. The first kappa shape index (κ1) is 11.2. The summed E-state index contributed by atoms with van der Waals surface area (Å²) < 4.78 is 0. The summed E-state index contributed by atoms with van der Waals surface area (Å²) >= 11 is 0. The van der Waals surface area contributed by atoms with Gasteiger partial charge in [-0.25, -0.2) is 0 Å². The molecule has 0 aliphatic rings. The van der Waals surface area contributed by atoms with Crippen molar-refractivity contribution in [2.24, 2.45) is 5.92 Å². The molecule has 0 N–H and O–H groups in total. The number of nitrogens with zero attached hydrogens (tertiary/aromatic N) is 1. The Morgan fingerprint density at radius 1 is 1.58 bits per heavy atom. The molecule has 0 bridgehead atoms. The minimum Gasteiger partial charge on any atom is -0.308 e. The third-order valence-corrected chi connectivity index (χ3v) is 2.22. The molecule has 1 atom stereocenters. The van der Waals surface area contributed by atoms with Crippen LogP contribution in [0, 0.1) is 16.0 Å². The summed E-state index contributed by atoms with van der Waals surface area (Å²) in [5, 5.41) is 9.39. The van der Waals surface area contributed by atoms with Gasteiger partial charge in [0.2, 0.25) is 0 Å². The Kier molecular flexibility index (Phi) is 4.00. The molecule has 0 rings (SSSR count). The van der Waals surface area contributed by atoms with Gasteiger partial charge in [0.05, 0.1) is 0 Å². The third-order valence-electron chi connectivity index (χ3n) is 2.22. The summed E-state index contributed by atoms with van der Waals surface area (Å²) in [6.45, 7) is 7.51. The van der Waals surface area contributed by atoms with E-state index in [-0.39, 0.29) is 5.92 Å². The van der Waals surface area contributed by atoms with Crippen LogP contribution in [0.4, 0.5) is 0 Å². The van der Waals surface area contributed by atoms with Crippen molar-refractivity contribution in [2.75, 3.05) is 0 Å². The number of rotatable bonds is 5.